The Bertz CT molecular complexity index is 776. The van der Waals surface area contributed by atoms with Crippen molar-refractivity contribution in [2.75, 3.05) is 0 Å². The fraction of sp³-hybridized carbons (Fsp3) is 0.368. The van der Waals surface area contributed by atoms with Crippen molar-refractivity contribution in [3.63, 3.8) is 0 Å². The number of amides is 2. The molecule has 2 N–H and O–H groups in total. The lowest BCUT2D eigenvalue weighted by molar-refractivity contribution is -0.128. The largest absolute Gasteiger partial charge is 0.478 e. The van der Waals surface area contributed by atoms with Crippen molar-refractivity contribution >= 4 is 23.2 Å². The minimum atomic E-state index is -0.961. The van der Waals surface area contributed by atoms with Gasteiger partial charge in [-0.05, 0) is 43.5 Å². The van der Waals surface area contributed by atoms with E-state index in [0.29, 0.717) is 4.88 Å². The number of carbonyl (C=O) groups excluding carboxylic acids is 2. The number of benzene rings is 1. The Morgan fingerprint density at radius 3 is 2.62 bits per heavy atom. The molecule has 0 saturated heterocycles. The molecule has 0 bridgehead atoms. The molecule has 0 fully saturated rings. The first-order valence-corrected chi connectivity index (χ1v) is 9.40. The molecule has 0 aliphatic rings. The predicted octanol–water partition coefficient (Wildman–Crippen LogP) is 3.63. The summed E-state index contributed by atoms with van der Waals surface area (Å²) in [6.45, 7) is 5.62. The average Bonchev–Trinajstić information content (AvgIpc) is 3.04. The van der Waals surface area contributed by atoms with Gasteiger partial charge in [0.25, 0.3) is 11.8 Å². The first kappa shape index (κ1) is 19.9. The molecule has 140 valence electrons. The summed E-state index contributed by atoms with van der Waals surface area (Å²) in [6, 6.07) is 7.69. The molecule has 0 radical (unpaired) electrons. The molecule has 0 aliphatic heterocycles. The molecule has 1 aromatic carbocycles. The van der Waals surface area contributed by atoms with Gasteiger partial charge in [-0.1, -0.05) is 32.4 Å². The lowest BCUT2D eigenvalue weighted by atomic mass is 10.1. The van der Waals surface area contributed by atoms with Crippen molar-refractivity contribution in [3.05, 3.63) is 51.5 Å². The van der Waals surface area contributed by atoms with E-state index in [4.69, 9.17) is 4.74 Å². The van der Waals surface area contributed by atoms with Crippen LogP contribution in [-0.2, 0) is 17.6 Å². The van der Waals surface area contributed by atoms with E-state index in [-0.39, 0.29) is 11.7 Å². The monoisotopic (exact) mass is 378 g/mol. The van der Waals surface area contributed by atoms with Crippen LogP contribution < -0.4 is 15.6 Å². The van der Waals surface area contributed by atoms with Crippen LogP contribution in [0, 0.1) is 5.82 Å². The van der Waals surface area contributed by atoms with Gasteiger partial charge < -0.3 is 4.74 Å². The van der Waals surface area contributed by atoms with Gasteiger partial charge in [-0.2, -0.15) is 0 Å². The molecule has 7 heteroatoms. The lowest BCUT2D eigenvalue weighted by Crippen LogP contribution is -2.47. The molecular weight excluding hydrogens is 355 g/mol. The number of para-hydroxylation sites is 1. The maximum atomic E-state index is 13.6. The van der Waals surface area contributed by atoms with Gasteiger partial charge in [0, 0.05) is 4.88 Å². The molecule has 26 heavy (non-hydrogen) atoms. The topological polar surface area (TPSA) is 67.4 Å². The zero-order valence-corrected chi connectivity index (χ0v) is 15.9. The Morgan fingerprint density at radius 2 is 1.96 bits per heavy atom. The van der Waals surface area contributed by atoms with Crippen molar-refractivity contribution in [2.45, 2.75) is 46.1 Å². The number of nitrogens with one attached hydrogen (secondary N) is 2. The molecule has 2 aromatic rings. The Hall–Kier alpha value is -2.41. The SMILES string of the molecule is CCCc1sc(C(=O)NNC(=O)C(C)Oc2ccccc2F)cc1CC. The van der Waals surface area contributed by atoms with Crippen LogP contribution in [0.4, 0.5) is 4.39 Å². The molecule has 2 rings (SSSR count). The number of rotatable bonds is 7. The normalized spacial score (nSPS) is 11.7. The van der Waals surface area contributed by atoms with E-state index in [2.05, 4.69) is 17.8 Å². The van der Waals surface area contributed by atoms with Crippen LogP contribution in [0.15, 0.2) is 30.3 Å². The number of ether oxygens (including phenoxy) is 1. The fourth-order valence-corrected chi connectivity index (χ4v) is 3.63. The number of hydrazine groups is 1. The standard InChI is InChI=1S/C19H23FN2O3S/c1-4-8-16-13(5-2)11-17(26-16)19(24)22-21-18(23)12(3)25-15-10-7-6-9-14(15)20/h6-7,9-12H,4-5,8H2,1-3H3,(H,21,23)(H,22,24). The van der Waals surface area contributed by atoms with Gasteiger partial charge in [-0.3, -0.25) is 20.4 Å². The van der Waals surface area contributed by atoms with Gasteiger partial charge in [0.15, 0.2) is 17.7 Å². The minimum Gasteiger partial charge on any atom is -0.478 e. The quantitative estimate of drug-likeness (QED) is 0.723. The summed E-state index contributed by atoms with van der Waals surface area (Å²) >= 11 is 1.44. The summed E-state index contributed by atoms with van der Waals surface area (Å²) in [5.74, 6) is -1.51. The van der Waals surface area contributed by atoms with E-state index in [1.807, 2.05) is 13.0 Å². The highest BCUT2D eigenvalue weighted by Gasteiger charge is 2.18. The summed E-state index contributed by atoms with van der Waals surface area (Å²) in [5.41, 5.74) is 5.86. The predicted molar refractivity (Wildman–Crippen MR) is 99.8 cm³/mol. The fourth-order valence-electron chi connectivity index (χ4n) is 2.38. The lowest BCUT2D eigenvalue weighted by Gasteiger charge is -2.15. The molecule has 2 amide bonds. The van der Waals surface area contributed by atoms with Gasteiger partial charge in [-0.15, -0.1) is 11.3 Å². The van der Waals surface area contributed by atoms with Gasteiger partial charge in [0.1, 0.15) is 0 Å². The van der Waals surface area contributed by atoms with Crippen molar-refractivity contribution < 1.29 is 18.7 Å². The van der Waals surface area contributed by atoms with Gasteiger partial charge in [-0.25, -0.2) is 4.39 Å². The molecular formula is C19H23FN2O3S. The van der Waals surface area contributed by atoms with Gasteiger partial charge in [0.05, 0.1) is 4.88 Å². The number of thiophene rings is 1. The molecule has 0 saturated carbocycles. The second-order valence-corrected chi connectivity index (χ2v) is 6.93. The van der Waals surface area contributed by atoms with Crippen LogP contribution in [0.2, 0.25) is 0 Å². The van der Waals surface area contributed by atoms with Crippen LogP contribution in [0.25, 0.3) is 0 Å². The zero-order valence-electron chi connectivity index (χ0n) is 15.1. The van der Waals surface area contributed by atoms with Gasteiger partial charge in [0.2, 0.25) is 0 Å². The van der Waals surface area contributed by atoms with Crippen LogP contribution in [0.1, 0.15) is 47.3 Å². The first-order chi connectivity index (χ1) is 12.5. The minimum absolute atomic E-state index is 0.0171. The van der Waals surface area contributed by atoms with Crippen molar-refractivity contribution in [3.8, 4) is 5.75 Å². The third-order valence-electron chi connectivity index (χ3n) is 3.79. The van der Waals surface area contributed by atoms with Crippen LogP contribution in [0.3, 0.4) is 0 Å². The van der Waals surface area contributed by atoms with E-state index in [1.54, 1.807) is 6.07 Å². The second-order valence-electron chi connectivity index (χ2n) is 5.80. The first-order valence-electron chi connectivity index (χ1n) is 8.59. The maximum Gasteiger partial charge on any atom is 0.279 e. The Labute approximate surface area is 156 Å². The highest BCUT2D eigenvalue weighted by Crippen LogP contribution is 2.24. The highest BCUT2D eigenvalue weighted by atomic mass is 32.1. The summed E-state index contributed by atoms with van der Waals surface area (Å²) in [4.78, 5) is 26.1. The Morgan fingerprint density at radius 1 is 1.23 bits per heavy atom. The van der Waals surface area contributed by atoms with E-state index in [1.165, 1.54) is 41.3 Å². The van der Waals surface area contributed by atoms with Crippen molar-refractivity contribution in [2.24, 2.45) is 0 Å². The number of aryl methyl sites for hydroxylation is 2. The molecule has 0 spiro atoms. The molecule has 1 unspecified atom stereocenters. The molecule has 5 nitrogen and oxygen atoms in total. The highest BCUT2D eigenvalue weighted by molar-refractivity contribution is 7.14. The second kappa shape index (κ2) is 9.33. The third-order valence-corrected chi connectivity index (χ3v) is 5.02. The van der Waals surface area contributed by atoms with E-state index >= 15 is 0 Å². The smallest absolute Gasteiger partial charge is 0.279 e. The van der Waals surface area contributed by atoms with E-state index in [9.17, 15) is 14.0 Å². The summed E-state index contributed by atoms with van der Waals surface area (Å²) in [7, 11) is 0. The number of hydrogen-bond acceptors (Lipinski definition) is 4. The number of hydrogen-bond donors (Lipinski definition) is 2. The third kappa shape index (κ3) is 5.05. The van der Waals surface area contributed by atoms with Crippen LogP contribution >= 0.6 is 11.3 Å². The van der Waals surface area contributed by atoms with Gasteiger partial charge >= 0.3 is 0 Å². The summed E-state index contributed by atoms with van der Waals surface area (Å²) < 4.78 is 18.8. The molecule has 1 aromatic heterocycles. The summed E-state index contributed by atoms with van der Waals surface area (Å²) in [6.07, 6.45) is 1.84. The molecule has 0 aliphatic carbocycles. The number of carbonyl (C=O) groups is 2. The Kier molecular flexibility index (Phi) is 7.15. The number of halogens is 1. The van der Waals surface area contributed by atoms with Crippen molar-refractivity contribution in [1.29, 1.82) is 0 Å². The average molecular weight is 378 g/mol. The molecule has 1 heterocycles. The zero-order chi connectivity index (χ0) is 19.1. The van der Waals surface area contributed by atoms with Crippen LogP contribution in [0.5, 0.6) is 5.75 Å². The van der Waals surface area contributed by atoms with E-state index < -0.39 is 17.8 Å². The van der Waals surface area contributed by atoms with Crippen LogP contribution in [-0.4, -0.2) is 17.9 Å². The van der Waals surface area contributed by atoms with E-state index in [0.717, 1.165) is 24.8 Å². The Balaban J connectivity index is 1.92. The molecule has 1 atom stereocenters. The summed E-state index contributed by atoms with van der Waals surface area (Å²) in [5, 5.41) is 0. The van der Waals surface area contributed by atoms with Crippen molar-refractivity contribution in [1.82, 2.24) is 10.9 Å². The maximum absolute atomic E-state index is 13.6.